The molecule has 0 unspecified atom stereocenters. The predicted octanol–water partition coefficient (Wildman–Crippen LogP) is 7.41. The number of methoxy groups -OCH3 is 1. The second-order valence-electron chi connectivity index (χ2n) is 7.57. The summed E-state index contributed by atoms with van der Waals surface area (Å²) in [5.41, 5.74) is 5.03. The van der Waals surface area contributed by atoms with Crippen molar-refractivity contribution in [2.45, 2.75) is 19.0 Å². The topological polar surface area (TPSA) is 22.4 Å². The lowest BCUT2D eigenvalue weighted by molar-refractivity contribution is -0.137. The Hall–Kier alpha value is -3.47. The van der Waals surface area contributed by atoms with Crippen LogP contribution >= 0.6 is 0 Å². The molecule has 0 radical (unpaired) electrons. The molecule has 0 N–H and O–H groups in total. The highest BCUT2D eigenvalue weighted by molar-refractivity contribution is 5.89. The summed E-state index contributed by atoms with van der Waals surface area (Å²) in [6.07, 6.45) is -2.74. The van der Waals surface area contributed by atoms with Crippen LogP contribution < -0.4 is 4.74 Å². The number of furan rings is 1. The summed E-state index contributed by atoms with van der Waals surface area (Å²) in [7, 11) is 1.60. The second kappa shape index (κ2) is 7.34. The Balaban J connectivity index is 1.71. The van der Waals surface area contributed by atoms with E-state index in [1.807, 2.05) is 42.5 Å². The van der Waals surface area contributed by atoms with Crippen molar-refractivity contribution in [3.05, 3.63) is 89.5 Å². The van der Waals surface area contributed by atoms with Gasteiger partial charge in [0.25, 0.3) is 0 Å². The van der Waals surface area contributed by atoms with Gasteiger partial charge in [0.1, 0.15) is 17.3 Å². The molecule has 0 atom stereocenters. The van der Waals surface area contributed by atoms with E-state index >= 15 is 0 Å². The third kappa shape index (κ3) is 3.40. The maximum Gasteiger partial charge on any atom is 0.416 e. The maximum absolute atomic E-state index is 13.1. The lowest BCUT2D eigenvalue weighted by Gasteiger charge is -2.16. The Kier molecular flexibility index (Phi) is 4.62. The van der Waals surface area contributed by atoms with Crippen LogP contribution in [-0.4, -0.2) is 7.11 Å². The van der Waals surface area contributed by atoms with E-state index in [2.05, 4.69) is 6.07 Å². The zero-order chi connectivity index (χ0) is 21.6. The first-order chi connectivity index (χ1) is 15.0. The first-order valence-corrected chi connectivity index (χ1v) is 10.0. The number of aryl methyl sites for hydroxylation is 1. The van der Waals surface area contributed by atoms with Gasteiger partial charge in [-0.3, -0.25) is 0 Å². The van der Waals surface area contributed by atoms with Gasteiger partial charge in [-0.15, -0.1) is 0 Å². The Morgan fingerprint density at radius 2 is 1.45 bits per heavy atom. The Labute approximate surface area is 177 Å². The second-order valence-corrected chi connectivity index (χ2v) is 7.57. The molecule has 0 amide bonds. The van der Waals surface area contributed by atoms with Crippen molar-refractivity contribution < 1.29 is 22.3 Å². The number of hydrogen-bond donors (Lipinski definition) is 0. The summed E-state index contributed by atoms with van der Waals surface area (Å²) in [6.45, 7) is 0. The van der Waals surface area contributed by atoms with Crippen LogP contribution in [-0.2, 0) is 19.0 Å². The van der Waals surface area contributed by atoms with Crippen LogP contribution in [0.1, 0.15) is 16.7 Å². The predicted molar refractivity (Wildman–Crippen MR) is 114 cm³/mol. The average Bonchev–Trinajstić information content (AvgIpc) is 3.19. The van der Waals surface area contributed by atoms with Gasteiger partial charge in [0, 0.05) is 22.3 Å². The fourth-order valence-electron chi connectivity index (χ4n) is 4.22. The first-order valence-electron chi connectivity index (χ1n) is 10.0. The number of rotatable bonds is 3. The summed E-state index contributed by atoms with van der Waals surface area (Å²) in [6, 6.07) is 20.9. The molecule has 156 valence electrons. The summed E-state index contributed by atoms with van der Waals surface area (Å²) in [4.78, 5) is 0. The van der Waals surface area contributed by atoms with E-state index in [1.165, 1.54) is 17.7 Å². The molecule has 0 spiro atoms. The molecule has 0 saturated heterocycles. The highest BCUT2D eigenvalue weighted by atomic mass is 19.4. The molecule has 1 aromatic heterocycles. The highest BCUT2D eigenvalue weighted by Crippen LogP contribution is 2.47. The minimum absolute atomic E-state index is 0.657. The van der Waals surface area contributed by atoms with Crippen LogP contribution in [0.15, 0.2) is 77.2 Å². The molecule has 1 aliphatic rings. The van der Waals surface area contributed by atoms with Crippen molar-refractivity contribution in [1.29, 1.82) is 0 Å². The molecule has 31 heavy (non-hydrogen) atoms. The average molecular weight is 420 g/mol. The maximum atomic E-state index is 13.1. The van der Waals surface area contributed by atoms with Crippen molar-refractivity contribution in [2.24, 2.45) is 0 Å². The normalized spacial score (nSPS) is 12.9. The van der Waals surface area contributed by atoms with Crippen molar-refractivity contribution in [3.8, 4) is 39.5 Å². The monoisotopic (exact) mass is 420 g/mol. The number of halogens is 3. The molecular weight excluding hydrogens is 401 g/mol. The lowest BCUT2D eigenvalue weighted by atomic mass is 9.86. The third-order valence-electron chi connectivity index (χ3n) is 5.77. The van der Waals surface area contributed by atoms with Gasteiger partial charge in [0.05, 0.1) is 12.7 Å². The SMILES string of the molecule is COc1ccc(-c2oc3c(c2-c2ccc(C(F)(F)F)cc2)CCc2ccccc2-3)cc1. The number of alkyl halides is 3. The molecule has 0 fully saturated rings. The molecule has 0 bridgehead atoms. The molecule has 4 aromatic rings. The Morgan fingerprint density at radius 3 is 2.13 bits per heavy atom. The first kappa shape index (κ1) is 19.5. The van der Waals surface area contributed by atoms with E-state index in [9.17, 15) is 13.2 Å². The molecule has 5 rings (SSSR count). The standard InChI is InChI=1S/C26H19F3O2/c1-30-20-13-8-18(9-14-20)24-23(17-6-11-19(12-7-17)26(27,28)29)22-15-10-16-4-2-3-5-21(16)25(22)31-24/h2-9,11-14H,10,15H2,1H3. The van der Waals surface area contributed by atoms with Crippen molar-refractivity contribution >= 4 is 0 Å². The Morgan fingerprint density at radius 1 is 0.774 bits per heavy atom. The zero-order valence-electron chi connectivity index (χ0n) is 16.8. The summed E-state index contributed by atoms with van der Waals surface area (Å²) in [5.74, 6) is 2.17. The minimum Gasteiger partial charge on any atom is -0.497 e. The van der Waals surface area contributed by atoms with Gasteiger partial charge in [-0.05, 0) is 60.4 Å². The van der Waals surface area contributed by atoms with E-state index in [0.717, 1.165) is 58.7 Å². The van der Waals surface area contributed by atoms with E-state index in [1.54, 1.807) is 7.11 Å². The number of ether oxygens (including phenoxy) is 1. The fraction of sp³-hybridized carbons (Fsp3) is 0.154. The van der Waals surface area contributed by atoms with Gasteiger partial charge in [0.2, 0.25) is 0 Å². The molecule has 5 heteroatoms. The lowest BCUT2D eigenvalue weighted by Crippen LogP contribution is -2.04. The minimum atomic E-state index is -4.37. The highest BCUT2D eigenvalue weighted by Gasteiger charge is 2.31. The zero-order valence-corrected chi connectivity index (χ0v) is 16.8. The molecular formula is C26H19F3O2. The van der Waals surface area contributed by atoms with Crippen molar-refractivity contribution in [2.75, 3.05) is 7.11 Å². The third-order valence-corrected chi connectivity index (χ3v) is 5.77. The van der Waals surface area contributed by atoms with E-state index in [0.29, 0.717) is 11.3 Å². The van der Waals surface area contributed by atoms with Crippen molar-refractivity contribution in [1.82, 2.24) is 0 Å². The number of fused-ring (bicyclic) bond motifs is 3. The summed E-state index contributed by atoms with van der Waals surface area (Å²) >= 11 is 0. The molecule has 3 aromatic carbocycles. The molecule has 1 aliphatic carbocycles. The Bertz CT molecular complexity index is 1230. The molecule has 0 saturated carbocycles. The number of hydrogen-bond acceptors (Lipinski definition) is 2. The fourth-order valence-corrected chi connectivity index (χ4v) is 4.22. The van der Waals surface area contributed by atoms with Gasteiger partial charge in [-0.25, -0.2) is 0 Å². The number of benzene rings is 3. The van der Waals surface area contributed by atoms with Gasteiger partial charge in [0.15, 0.2) is 0 Å². The molecule has 0 aliphatic heterocycles. The summed E-state index contributed by atoms with van der Waals surface area (Å²) in [5, 5.41) is 0. The smallest absolute Gasteiger partial charge is 0.416 e. The van der Waals surface area contributed by atoms with E-state index in [-0.39, 0.29) is 0 Å². The van der Waals surface area contributed by atoms with Crippen LogP contribution in [0, 0.1) is 0 Å². The molecule has 2 nitrogen and oxygen atoms in total. The molecule has 1 heterocycles. The van der Waals surface area contributed by atoms with Gasteiger partial charge in [-0.1, -0.05) is 36.4 Å². The van der Waals surface area contributed by atoms with E-state index in [4.69, 9.17) is 9.15 Å². The van der Waals surface area contributed by atoms with E-state index < -0.39 is 11.7 Å². The van der Waals surface area contributed by atoms with Crippen LogP contribution in [0.4, 0.5) is 13.2 Å². The quantitative estimate of drug-likeness (QED) is 0.344. The van der Waals surface area contributed by atoms with Gasteiger partial charge in [-0.2, -0.15) is 13.2 Å². The van der Waals surface area contributed by atoms with Gasteiger partial charge < -0.3 is 9.15 Å². The van der Waals surface area contributed by atoms with Crippen LogP contribution in [0.25, 0.3) is 33.8 Å². The largest absolute Gasteiger partial charge is 0.497 e. The van der Waals surface area contributed by atoms with Crippen LogP contribution in [0.3, 0.4) is 0 Å². The van der Waals surface area contributed by atoms with Crippen LogP contribution in [0.2, 0.25) is 0 Å². The van der Waals surface area contributed by atoms with Crippen LogP contribution in [0.5, 0.6) is 5.75 Å². The van der Waals surface area contributed by atoms with Crippen molar-refractivity contribution in [3.63, 3.8) is 0 Å². The summed E-state index contributed by atoms with van der Waals surface area (Å²) < 4.78 is 50.9. The van der Waals surface area contributed by atoms with Gasteiger partial charge >= 0.3 is 6.18 Å².